The topological polar surface area (TPSA) is 31.2 Å². The lowest BCUT2D eigenvalue weighted by Crippen LogP contribution is -2.06. The third-order valence-corrected chi connectivity index (χ3v) is 3.90. The zero-order valence-electron chi connectivity index (χ0n) is 13.6. The molecular weight excluding hydrogens is 305 g/mol. The third-order valence-electron chi connectivity index (χ3n) is 3.90. The first kappa shape index (κ1) is 16.0. The summed E-state index contributed by atoms with van der Waals surface area (Å²) in [6.45, 7) is 3.98. The number of esters is 1. The van der Waals surface area contributed by atoms with Crippen molar-refractivity contribution in [2.45, 2.75) is 13.8 Å². The minimum Gasteiger partial charge on any atom is -0.462 e. The minimum absolute atomic E-state index is 0.293. The summed E-state index contributed by atoms with van der Waals surface area (Å²) in [6, 6.07) is 17.8. The lowest BCUT2D eigenvalue weighted by atomic mass is 10.1. The largest absolute Gasteiger partial charge is 0.462 e. The smallest absolute Gasteiger partial charge is 0.339 e. The van der Waals surface area contributed by atoms with E-state index in [1.807, 2.05) is 41.8 Å². The molecule has 0 unspecified atom stereocenters. The average molecular weight is 323 g/mol. The highest BCUT2D eigenvalue weighted by molar-refractivity contribution is 5.93. The molecule has 3 aromatic rings. The van der Waals surface area contributed by atoms with Crippen LogP contribution in [0.2, 0.25) is 0 Å². The number of carbonyl (C=O) groups is 1. The number of hydrogen-bond donors (Lipinski definition) is 0. The standard InChI is InChI=1S/C20H18FNO2/c1-3-24-20(23)18-13-19(15-9-11-16(21)12-10-15)22(14(18)2)17-7-5-4-6-8-17/h4-13H,3H2,1-2H3. The van der Waals surface area contributed by atoms with Gasteiger partial charge in [-0.25, -0.2) is 9.18 Å². The molecule has 0 aliphatic rings. The van der Waals surface area contributed by atoms with E-state index in [0.717, 1.165) is 22.6 Å². The molecule has 3 nitrogen and oxygen atoms in total. The fourth-order valence-corrected chi connectivity index (χ4v) is 2.77. The zero-order chi connectivity index (χ0) is 17.1. The van der Waals surface area contributed by atoms with Crippen molar-refractivity contribution < 1.29 is 13.9 Å². The Balaban J connectivity index is 2.21. The van der Waals surface area contributed by atoms with E-state index >= 15 is 0 Å². The molecule has 0 bridgehead atoms. The van der Waals surface area contributed by atoms with Gasteiger partial charge in [-0.3, -0.25) is 0 Å². The van der Waals surface area contributed by atoms with Crippen molar-refractivity contribution >= 4 is 5.97 Å². The number of nitrogens with zero attached hydrogens (tertiary/aromatic N) is 1. The summed E-state index contributed by atoms with van der Waals surface area (Å²) in [4.78, 5) is 12.3. The molecule has 0 atom stereocenters. The maximum Gasteiger partial charge on any atom is 0.339 e. The number of aromatic nitrogens is 1. The Morgan fingerprint density at radius 2 is 1.75 bits per heavy atom. The molecule has 2 aromatic carbocycles. The van der Waals surface area contributed by atoms with Crippen molar-refractivity contribution in [3.63, 3.8) is 0 Å². The van der Waals surface area contributed by atoms with E-state index < -0.39 is 0 Å². The first-order chi connectivity index (χ1) is 11.6. The summed E-state index contributed by atoms with van der Waals surface area (Å²) in [5.74, 6) is -0.646. The van der Waals surface area contributed by atoms with Crippen molar-refractivity contribution in [2.24, 2.45) is 0 Å². The zero-order valence-corrected chi connectivity index (χ0v) is 13.6. The van der Waals surface area contributed by atoms with Gasteiger partial charge in [0, 0.05) is 11.4 Å². The predicted molar refractivity (Wildman–Crippen MR) is 91.9 cm³/mol. The summed E-state index contributed by atoms with van der Waals surface area (Å²) in [7, 11) is 0. The molecule has 0 fully saturated rings. The van der Waals surface area contributed by atoms with Crippen LogP contribution in [0.25, 0.3) is 16.9 Å². The molecule has 0 saturated carbocycles. The van der Waals surface area contributed by atoms with Crippen LogP contribution in [0, 0.1) is 12.7 Å². The summed E-state index contributed by atoms with van der Waals surface area (Å²) >= 11 is 0. The molecular formula is C20H18FNO2. The molecule has 0 radical (unpaired) electrons. The van der Waals surface area contributed by atoms with Crippen molar-refractivity contribution in [3.05, 3.63) is 77.7 Å². The van der Waals surface area contributed by atoms with E-state index in [4.69, 9.17) is 4.74 Å². The summed E-state index contributed by atoms with van der Waals surface area (Å²) in [5.41, 5.74) is 3.89. The van der Waals surface area contributed by atoms with E-state index in [9.17, 15) is 9.18 Å². The van der Waals surface area contributed by atoms with Crippen LogP contribution in [-0.4, -0.2) is 17.1 Å². The van der Waals surface area contributed by atoms with Crippen molar-refractivity contribution in [1.82, 2.24) is 4.57 Å². The fraction of sp³-hybridized carbons (Fsp3) is 0.150. The molecule has 0 saturated heterocycles. The number of benzene rings is 2. The Bertz CT molecular complexity index is 851. The second kappa shape index (κ2) is 6.71. The van der Waals surface area contributed by atoms with Crippen LogP contribution in [0.15, 0.2) is 60.7 Å². The fourth-order valence-electron chi connectivity index (χ4n) is 2.77. The second-order valence-corrected chi connectivity index (χ2v) is 5.43. The number of hydrogen-bond acceptors (Lipinski definition) is 2. The van der Waals surface area contributed by atoms with E-state index in [1.165, 1.54) is 12.1 Å². The second-order valence-electron chi connectivity index (χ2n) is 5.43. The molecule has 1 heterocycles. The summed E-state index contributed by atoms with van der Waals surface area (Å²) in [5, 5.41) is 0. The maximum absolute atomic E-state index is 13.3. The molecule has 1 aromatic heterocycles. The monoisotopic (exact) mass is 323 g/mol. The highest BCUT2D eigenvalue weighted by atomic mass is 19.1. The van der Waals surface area contributed by atoms with Crippen molar-refractivity contribution in [2.75, 3.05) is 6.61 Å². The SMILES string of the molecule is CCOC(=O)c1cc(-c2ccc(F)cc2)n(-c2ccccc2)c1C. The Morgan fingerprint density at radius 1 is 1.08 bits per heavy atom. The molecule has 0 aliphatic heterocycles. The highest BCUT2D eigenvalue weighted by Gasteiger charge is 2.20. The van der Waals surface area contributed by atoms with Crippen LogP contribution in [0.4, 0.5) is 4.39 Å². The minimum atomic E-state index is -0.354. The van der Waals surface area contributed by atoms with Crippen molar-refractivity contribution in [1.29, 1.82) is 0 Å². The van der Waals surface area contributed by atoms with Gasteiger partial charge in [0.05, 0.1) is 17.9 Å². The van der Waals surface area contributed by atoms with Crippen LogP contribution in [0.1, 0.15) is 23.0 Å². The van der Waals surface area contributed by atoms with Gasteiger partial charge >= 0.3 is 5.97 Å². The van der Waals surface area contributed by atoms with Gasteiger partial charge in [0.15, 0.2) is 0 Å². The van der Waals surface area contributed by atoms with Gasteiger partial charge in [-0.2, -0.15) is 0 Å². The van der Waals surface area contributed by atoms with Gasteiger partial charge in [-0.05, 0) is 61.9 Å². The van der Waals surface area contributed by atoms with Crippen LogP contribution in [-0.2, 0) is 4.74 Å². The molecule has 122 valence electrons. The predicted octanol–water partition coefficient (Wildman–Crippen LogP) is 4.77. The Kier molecular flexibility index (Phi) is 4.47. The lowest BCUT2D eigenvalue weighted by Gasteiger charge is -2.12. The normalized spacial score (nSPS) is 10.6. The molecule has 24 heavy (non-hydrogen) atoms. The first-order valence-corrected chi connectivity index (χ1v) is 7.82. The van der Waals surface area contributed by atoms with Crippen molar-refractivity contribution in [3.8, 4) is 16.9 Å². The Morgan fingerprint density at radius 3 is 2.38 bits per heavy atom. The van der Waals surface area contributed by atoms with E-state index in [2.05, 4.69) is 0 Å². The quantitative estimate of drug-likeness (QED) is 0.648. The molecule has 0 N–H and O–H groups in total. The van der Waals surface area contributed by atoms with E-state index in [1.54, 1.807) is 25.1 Å². The summed E-state index contributed by atoms with van der Waals surface area (Å²) in [6.07, 6.45) is 0. The number of para-hydroxylation sites is 1. The Labute approximate surface area is 140 Å². The molecule has 3 rings (SSSR count). The molecule has 0 spiro atoms. The van der Waals surface area contributed by atoms with Gasteiger partial charge in [-0.15, -0.1) is 0 Å². The van der Waals surface area contributed by atoms with Crippen LogP contribution >= 0.6 is 0 Å². The number of carbonyl (C=O) groups excluding carboxylic acids is 1. The third kappa shape index (κ3) is 2.95. The van der Waals surface area contributed by atoms with Gasteiger partial charge in [-0.1, -0.05) is 18.2 Å². The van der Waals surface area contributed by atoms with Crippen LogP contribution in [0.5, 0.6) is 0 Å². The average Bonchev–Trinajstić information content (AvgIpc) is 2.94. The number of rotatable bonds is 4. The van der Waals surface area contributed by atoms with Gasteiger partial charge in [0.1, 0.15) is 5.82 Å². The maximum atomic E-state index is 13.3. The van der Waals surface area contributed by atoms with Crippen LogP contribution in [0.3, 0.4) is 0 Å². The van der Waals surface area contributed by atoms with Gasteiger partial charge < -0.3 is 9.30 Å². The van der Waals surface area contributed by atoms with E-state index in [-0.39, 0.29) is 11.8 Å². The lowest BCUT2D eigenvalue weighted by molar-refractivity contribution is 0.0525. The number of ether oxygens (including phenoxy) is 1. The first-order valence-electron chi connectivity index (χ1n) is 7.82. The number of halogens is 1. The summed E-state index contributed by atoms with van der Waals surface area (Å²) < 4.78 is 20.4. The van der Waals surface area contributed by atoms with Gasteiger partial charge in [0.25, 0.3) is 0 Å². The molecule has 0 amide bonds. The molecule has 0 aliphatic carbocycles. The van der Waals surface area contributed by atoms with Crippen LogP contribution < -0.4 is 0 Å². The molecule has 4 heteroatoms. The van der Waals surface area contributed by atoms with E-state index in [0.29, 0.717) is 12.2 Å². The van der Waals surface area contributed by atoms with Gasteiger partial charge in [0.2, 0.25) is 0 Å². The highest BCUT2D eigenvalue weighted by Crippen LogP contribution is 2.30. The Hall–Kier alpha value is -2.88.